The number of aromatic carboxylic acids is 1. The van der Waals surface area contributed by atoms with Gasteiger partial charge in [0.05, 0.1) is 17.9 Å². The van der Waals surface area contributed by atoms with Gasteiger partial charge < -0.3 is 15.2 Å². The van der Waals surface area contributed by atoms with Crippen molar-refractivity contribution in [2.24, 2.45) is 5.92 Å². The molecule has 1 aromatic rings. The number of carboxylic acid groups (broad SMARTS) is 1. The van der Waals surface area contributed by atoms with E-state index in [1.807, 2.05) is 25.1 Å². The van der Waals surface area contributed by atoms with Crippen LogP contribution in [0.5, 0.6) is 0 Å². The van der Waals surface area contributed by atoms with E-state index >= 15 is 0 Å². The van der Waals surface area contributed by atoms with Crippen molar-refractivity contribution in [1.82, 2.24) is 0 Å². The second kappa shape index (κ2) is 6.99. The molecular weight excluding hydrogens is 274 g/mol. The third-order valence-electron chi connectivity index (χ3n) is 3.60. The number of benzene rings is 1. The summed E-state index contributed by atoms with van der Waals surface area (Å²) < 4.78 is 5.40. The van der Waals surface area contributed by atoms with E-state index < -0.39 is 5.97 Å². The molecule has 1 aliphatic heterocycles. The number of nitrogens with one attached hydrogen (secondary N) is 1. The van der Waals surface area contributed by atoms with Gasteiger partial charge in [0.15, 0.2) is 0 Å². The molecule has 110 valence electrons. The van der Waals surface area contributed by atoms with Crippen molar-refractivity contribution in [2.75, 3.05) is 24.3 Å². The summed E-state index contributed by atoms with van der Waals surface area (Å²) in [5.41, 5.74) is 1.08. The van der Waals surface area contributed by atoms with Gasteiger partial charge in [0.25, 0.3) is 0 Å². The van der Waals surface area contributed by atoms with Gasteiger partial charge in [-0.15, -0.1) is 11.8 Å². The molecule has 2 N–H and O–H groups in total. The molecule has 0 spiro atoms. The quantitative estimate of drug-likeness (QED) is 0.788. The Morgan fingerprint density at radius 3 is 3.00 bits per heavy atom. The molecule has 0 amide bonds. The lowest BCUT2D eigenvalue weighted by Gasteiger charge is -2.22. The maximum absolute atomic E-state index is 11.5. The van der Waals surface area contributed by atoms with Crippen LogP contribution in [-0.2, 0) is 4.74 Å². The van der Waals surface area contributed by atoms with Crippen LogP contribution >= 0.6 is 11.8 Å². The number of anilines is 1. The first kappa shape index (κ1) is 15.2. The zero-order valence-corrected chi connectivity index (χ0v) is 12.7. The third kappa shape index (κ3) is 3.46. The molecule has 0 saturated carbocycles. The van der Waals surface area contributed by atoms with E-state index in [2.05, 4.69) is 12.2 Å². The van der Waals surface area contributed by atoms with Gasteiger partial charge in [-0.25, -0.2) is 4.79 Å². The number of rotatable bonds is 6. The standard InChI is InChI=1S/C15H21NO3S/c1-3-20-13-6-4-5-12(14(13)15(17)18)16-10(2)11-7-8-19-9-11/h4-6,10-11,16H,3,7-9H2,1-2H3,(H,17,18). The van der Waals surface area contributed by atoms with Crippen LogP contribution < -0.4 is 5.32 Å². The van der Waals surface area contributed by atoms with Crippen LogP contribution in [0, 0.1) is 5.92 Å². The highest BCUT2D eigenvalue weighted by molar-refractivity contribution is 7.99. The van der Waals surface area contributed by atoms with Crippen LogP contribution in [0.1, 0.15) is 30.6 Å². The van der Waals surface area contributed by atoms with E-state index in [1.54, 1.807) is 11.8 Å². The van der Waals surface area contributed by atoms with Crippen LogP contribution in [0.25, 0.3) is 0 Å². The van der Waals surface area contributed by atoms with Gasteiger partial charge in [0.2, 0.25) is 0 Å². The highest BCUT2D eigenvalue weighted by Crippen LogP contribution is 2.30. The first-order chi connectivity index (χ1) is 9.63. The number of hydrogen-bond donors (Lipinski definition) is 2. The van der Waals surface area contributed by atoms with Crippen molar-refractivity contribution in [3.8, 4) is 0 Å². The molecule has 1 aromatic carbocycles. The SMILES string of the molecule is CCSc1cccc(NC(C)C2CCOC2)c1C(=O)O. The molecule has 2 atom stereocenters. The Kier molecular flexibility index (Phi) is 5.31. The van der Waals surface area contributed by atoms with Gasteiger partial charge in [-0.1, -0.05) is 13.0 Å². The Balaban J connectivity index is 2.21. The van der Waals surface area contributed by atoms with Crippen LogP contribution in [0.2, 0.25) is 0 Å². The summed E-state index contributed by atoms with van der Waals surface area (Å²) in [5, 5.41) is 12.8. The van der Waals surface area contributed by atoms with Crippen molar-refractivity contribution < 1.29 is 14.6 Å². The maximum atomic E-state index is 11.5. The van der Waals surface area contributed by atoms with E-state index in [-0.39, 0.29) is 6.04 Å². The van der Waals surface area contributed by atoms with Crippen molar-refractivity contribution in [3.63, 3.8) is 0 Å². The summed E-state index contributed by atoms with van der Waals surface area (Å²) in [6.45, 7) is 5.66. The lowest BCUT2D eigenvalue weighted by molar-refractivity contribution is 0.0694. The summed E-state index contributed by atoms with van der Waals surface area (Å²) in [4.78, 5) is 12.4. The first-order valence-electron chi connectivity index (χ1n) is 6.96. The zero-order chi connectivity index (χ0) is 14.5. The predicted octanol–water partition coefficient (Wildman–Crippen LogP) is 3.33. The van der Waals surface area contributed by atoms with E-state index in [4.69, 9.17) is 4.74 Å². The van der Waals surface area contributed by atoms with E-state index in [0.717, 1.165) is 30.3 Å². The van der Waals surface area contributed by atoms with Crippen LogP contribution in [0.3, 0.4) is 0 Å². The Morgan fingerprint density at radius 2 is 2.40 bits per heavy atom. The van der Waals surface area contributed by atoms with Crippen molar-refractivity contribution in [3.05, 3.63) is 23.8 Å². The molecule has 0 aliphatic carbocycles. The fourth-order valence-corrected chi connectivity index (χ4v) is 3.29. The molecule has 2 rings (SSSR count). The van der Waals surface area contributed by atoms with Crippen LogP contribution in [0.15, 0.2) is 23.1 Å². The normalized spacial score (nSPS) is 19.8. The molecule has 5 heteroatoms. The number of carbonyl (C=O) groups is 1. The molecule has 0 bridgehead atoms. The summed E-state index contributed by atoms with van der Waals surface area (Å²) in [7, 11) is 0. The number of thioether (sulfide) groups is 1. The smallest absolute Gasteiger partial charge is 0.338 e. The molecule has 20 heavy (non-hydrogen) atoms. The Labute approximate surface area is 123 Å². The second-order valence-corrected chi connectivity index (χ2v) is 6.28. The minimum atomic E-state index is -0.876. The Hall–Kier alpha value is -1.20. The van der Waals surface area contributed by atoms with Gasteiger partial charge in [-0.3, -0.25) is 0 Å². The number of hydrogen-bond acceptors (Lipinski definition) is 4. The first-order valence-corrected chi connectivity index (χ1v) is 7.95. The van der Waals surface area contributed by atoms with E-state index in [1.165, 1.54) is 0 Å². The zero-order valence-electron chi connectivity index (χ0n) is 11.9. The van der Waals surface area contributed by atoms with E-state index in [0.29, 0.717) is 17.2 Å². The van der Waals surface area contributed by atoms with Gasteiger partial charge in [0.1, 0.15) is 0 Å². The van der Waals surface area contributed by atoms with Gasteiger partial charge in [-0.05, 0) is 31.2 Å². The fourth-order valence-electron chi connectivity index (χ4n) is 2.46. The highest BCUT2D eigenvalue weighted by Gasteiger charge is 2.24. The summed E-state index contributed by atoms with van der Waals surface area (Å²) >= 11 is 1.56. The molecule has 2 unspecified atom stereocenters. The Bertz CT molecular complexity index is 472. The van der Waals surface area contributed by atoms with Crippen LogP contribution in [-0.4, -0.2) is 36.1 Å². The molecule has 1 fully saturated rings. The average Bonchev–Trinajstić information content (AvgIpc) is 2.92. The van der Waals surface area contributed by atoms with Crippen molar-refractivity contribution in [1.29, 1.82) is 0 Å². The Morgan fingerprint density at radius 1 is 1.60 bits per heavy atom. The van der Waals surface area contributed by atoms with Gasteiger partial charge in [-0.2, -0.15) is 0 Å². The lowest BCUT2D eigenvalue weighted by atomic mass is 10.00. The van der Waals surface area contributed by atoms with Crippen molar-refractivity contribution in [2.45, 2.75) is 31.2 Å². The lowest BCUT2D eigenvalue weighted by Crippen LogP contribution is -2.27. The monoisotopic (exact) mass is 295 g/mol. The molecule has 1 heterocycles. The minimum Gasteiger partial charge on any atom is -0.478 e. The average molecular weight is 295 g/mol. The largest absolute Gasteiger partial charge is 0.478 e. The molecule has 1 saturated heterocycles. The molecular formula is C15H21NO3S. The minimum absolute atomic E-state index is 0.206. The maximum Gasteiger partial charge on any atom is 0.338 e. The summed E-state index contributed by atoms with van der Waals surface area (Å²) in [5.74, 6) is 0.425. The molecule has 0 radical (unpaired) electrons. The summed E-state index contributed by atoms with van der Waals surface area (Å²) in [6, 6.07) is 5.82. The summed E-state index contributed by atoms with van der Waals surface area (Å²) in [6.07, 6.45) is 1.03. The van der Waals surface area contributed by atoms with Crippen LogP contribution in [0.4, 0.5) is 5.69 Å². The van der Waals surface area contributed by atoms with E-state index in [9.17, 15) is 9.90 Å². The molecule has 0 aromatic heterocycles. The molecule has 1 aliphatic rings. The van der Waals surface area contributed by atoms with Gasteiger partial charge in [0, 0.05) is 23.5 Å². The second-order valence-electron chi connectivity index (χ2n) is 4.97. The molecule has 4 nitrogen and oxygen atoms in total. The fraction of sp³-hybridized carbons (Fsp3) is 0.533. The van der Waals surface area contributed by atoms with Gasteiger partial charge >= 0.3 is 5.97 Å². The third-order valence-corrected chi connectivity index (χ3v) is 4.54. The predicted molar refractivity (Wildman–Crippen MR) is 81.8 cm³/mol. The highest BCUT2D eigenvalue weighted by atomic mass is 32.2. The topological polar surface area (TPSA) is 58.6 Å². The number of carboxylic acids is 1. The number of ether oxygens (including phenoxy) is 1. The van der Waals surface area contributed by atoms with Crippen molar-refractivity contribution >= 4 is 23.4 Å².